The Bertz CT molecular complexity index is 467. The molecule has 2 heterocycles. The molecule has 1 aromatic rings. The molecule has 3 nitrogen and oxygen atoms in total. The first kappa shape index (κ1) is 13.0. The second kappa shape index (κ2) is 5.20. The van der Waals surface area contributed by atoms with Crippen LogP contribution in [-0.4, -0.2) is 16.5 Å². The molecule has 3 rings (SSSR count). The first-order valence-corrected chi connectivity index (χ1v) is 7.75. The van der Waals surface area contributed by atoms with Gasteiger partial charge in [-0.3, -0.25) is 0 Å². The fourth-order valence-electron chi connectivity index (χ4n) is 3.51. The monoisotopic (exact) mass is 259 g/mol. The summed E-state index contributed by atoms with van der Waals surface area (Å²) >= 11 is 0. The number of hydrogen-bond donors (Lipinski definition) is 1. The van der Waals surface area contributed by atoms with E-state index in [4.69, 9.17) is 9.97 Å². The maximum atomic E-state index is 4.96. The zero-order chi connectivity index (χ0) is 13.4. The van der Waals surface area contributed by atoms with Crippen LogP contribution in [0.2, 0.25) is 0 Å². The van der Waals surface area contributed by atoms with Gasteiger partial charge in [0, 0.05) is 12.5 Å². The van der Waals surface area contributed by atoms with Gasteiger partial charge in [-0.25, -0.2) is 9.97 Å². The number of rotatable bonds is 2. The van der Waals surface area contributed by atoms with Crippen molar-refractivity contribution in [2.24, 2.45) is 5.92 Å². The second-order valence-corrected chi connectivity index (χ2v) is 6.59. The standard InChI is InChI=1S/C16H25N3/c1-10(2)15-13-6-7-17-9-14(13)18-16(19-15)12-5-4-11(3)8-12/h10-12,17H,4-9H2,1-3H3. The zero-order valence-corrected chi connectivity index (χ0v) is 12.4. The summed E-state index contributed by atoms with van der Waals surface area (Å²) < 4.78 is 0. The Morgan fingerprint density at radius 2 is 2.05 bits per heavy atom. The van der Waals surface area contributed by atoms with Crippen molar-refractivity contribution in [1.82, 2.24) is 15.3 Å². The van der Waals surface area contributed by atoms with Crippen molar-refractivity contribution in [3.8, 4) is 0 Å². The number of nitrogens with zero attached hydrogens (tertiary/aromatic N) is 2. The summed E-state index contributed by atoms with van der Waals surface area (Å²) in [5.74, 6) is 3.06. The van der Waals surface area contributed by atoms with Crippen LogP contribution >= 0.6 is 0 Å². The molecule has 0 bridgehead atoms. The molecule has 1 aliphatic carbocycles. The van der Waals surface area contributed by atoms with E-state index >= 15 is 0 Å². The minimum absolute atomic E-state index is 0.507. The van der Waals surface area contributed by atoms with Crippen LogP contribution in [-0.2, 0) is 13.0 Å². The van der Waals surface area contributed by atoms with Gasteiger partial charge in [-0.2, -0.15) is 0 Å². The highest BCUT2D eigenvalue weighted by atomic mass is 15.0. The lowest BCUT2D eigenvalue weighted by molar-refractivity contribution is 0.561. The highest BCUT2D eigenvalue weighted by Crippen LogP contribution is 2.37. The molecular weight excluding hydrogens is 234 g/mol. The second-order valence-electron chi connectivity index (χ2n) is 6.59. The first-order valence-electron chi connectivity index (χ1n) is 7.75. The Kier molecular flexibility index (Phi) is 3.57. The quantitative estimate of drug-likeness (QED) is 0.886. The van der Waals surface area contributed by atoms with Crippen LogP contribution in [0.5, 0.6) is 0 Å². The van der Waals surface area contributed by atoms with Crippen molar-refractivity contribution in [1.29, 1.82) is 0 Å². The van der Waals surface area contributed by atoms with E-state index in [2.05, 4.69) is 26.1 Å². The maximum Gasteiger partial charge on any atom is 0.132 e. The smallest absolute Gasteiger partial charge is 0.132 e. The molecule has 1 N–H and O–H groups in total. The topological polar surface area (TPSA) is 37.8 Å². The van der Waals surface area contributed by atoms with E-state index in [1.54, 1.807) is 0 Å². The van der Waals surface area contributed by atoms with Gasteiger partial charge in [0.1, 0.15) is 5.82 Å². The maximum absolute atomic E-state index is 4.96. The Morgan fingerprint density at radius 3 is 2.74 bits per heavy atom. The van der Waals surface area contributed by atoms with Crippen molar-refractivity contribution < 1.29 is 0 Å². The molecule has 2 unspecified atom stereocenters. The molecule has 2 aliphatic rings. The van der Waals surface area contributed by atoms with Crippen LogP contribution in [0.1, 0.15) is 74.6 Å². The lowest BCUT2D eigenvalue weighted by Gasteiger charge is -2.23. The molecule has 0 amide bonds. The van der Waals surface area contributed by atoms with Crippen LogP contribution in [0.3, 0.4) is 0 Å². The molecule has 19 heavy (non-hydrogen) atoms. The van der Waals surface area contributed by atoms with Crippen LogP contribution in [0.25, 0.3) is 0 Å². The first-order chi connectivity index (χ1) is 9.15. The number of fused-ring (bicyclic) bond motifs is 1. The summed E-state index contributed by atoms with van der Waals surface area (Å²) in [4.78, 5) is 9.86. The summed E-state index contributed by atoms with van der Waals surface area (Å²) in [5, 5.41) is 3.44. The van der Waals surface area contributed by atoms with Crippen molar-refractivity contribution in [2.45, 2.75) is 64.8 Å². The highest BCUT2D eigenvalue weighted by molar-refractivity contribution is 5.31. The Hall–Kier alpha value is -0.960. The molecule has 1 aromatic heterocycles. The molecule has 0 spiro atoms. The van der Waals surface area contributed by atoms with E-state index in [0.717, 1.165) is 31.3 Å². The normalized spacial score (nSPS) is 26.7. The van der Waals surface area contributed by atoms with E-state index in [1.807, 2.05) is 0 Å². The average molecular weight is 259 g/mol. The van der Waals surface area contributed by atoms with Gasteiger partial charge in [0.05, 0.1) is 11.4 Å². The number of nitrogens with one attached hydrogen (secondary N) is 1. The SMILES string of the molecule is CC1CCC(c2nc3c(c(C(C)C)n2)CCNC3)C1. The van der Waals surface area contributed by atoms with Crippen molar-refractivity contribution >= 4 is 0 Å². The highest BCUT2D eigenvalue weighted by Gasteiger charge is 2.27. The molecule has 1 saturated carbocycles. The zero-order valence-electron chi connectivity index (χ0n) is 12.4. The predicted molar refractivity (Wildman–Crippen MR) is 77.3 cm³/mol. The predicted octanol–water partition coefficient (Wildman–Crippen LogP) is 3.15. The molecule has 0 aromatic carbocycles. The van der Waals surface area contributed by atoms with Crippen LogP contribution in [0.15, 0.2) is 0 Å². The molecular formula is C16H25N3. The van der Waals surface area contributed by atoms with E-state index in [1.165, 1.54) is 36.2 Å². The summed E-state index contributed by atoms with van der Waals surface area (Å²) in [6.45, 7) is 8.85. The van der Waals surface area contributed by atoms with Gasteiger partial charge in [0.2, 0.25) is 0 Å². The van der Waals surface area contributed by atoms with Gasteiger partial charge in [-0.05, 0) is 49.6 Å². The molecule has 0 radical (unpaired) electrons. The lowest BCUT2D eigenvalue weighted by atomic mass is 9.96. The van der Waals surface area contributed by atoms with Crippen LogP contribution < -0.4 is 5.32 Å². The minimum atomic E-state index is 0.507. The van der Waals surface area contributed by atoms with Gasteiger partial charge in [-0.15, -0.1) is 0 Å². The van der Waals surface area contributed by atoms with Gasteiger partial charge in [0.15, 0.2) is 0 Å². The lowest BCUT2D eigenvalue weighted by Crippen LogP contribution is -2.27. The van der Waals surface area contributed by atoms with Crippen molar-refractivity contribution in [3.05, 3.63) is 22.8 Å². The van der Waals surface area contributed by atoms with Gasteiger partial charge >= 0.3 is 0 Å². The van der Waals surface area contributed by atoms with Gasteiger partial charge in [-0.1, -0.05) is 20.8 Å². The Morgan fingerprint density at radius 1 is 1.21 bits per heavy atom. The summed E-state index contributed by atoms with van der Waals surface area (Å²) in [6.07, 6.45) is 4.96. The average Bonchev–Trinajstić information content (AvgIpc) is 2.84. The van der Waals surface area contributed by atoms with E-state index in [-0.39, 0.29) is 0 Å². The fraction of sp³-hybridized carbons (Fsp3) is 0.750. The Labute approximate surface area is 116 Å². The minimum Gasteiger partial charge on any atom is -0.311 e. The van der Waals surface area contributed by atoms with Crippen molar-refractivity contribution in [3.63, 3.8) is 0 Å². The third-order valence-electron chi connectivity index (χ3n) is 4.59. The summed E-state index contributed by atoms with van der Waals surface area (Å²) in [6, 6.07) is 0. The third kappa shape index (κ3) is 2.53. The van der Waals surface area contributed by atoms with Gasteiger partial charge < -0.3 is 5.32 Å². The number of hydrogen-bond acceptors (Lipinski definition) is 3. The molecule has 1 aliphatic heterocycles. The Balaban J connectivity index is 1.99. The summed E-state index contributed by atoms with van der Waals surface area (Å²) in [5.41, 5.74) is 3.99. The van der Waals surface area contributed by atoms with E-state index in [0.29, 0.717) is 11.8 Å². The van der Waals surface area contributed by atoms with Crippen molar-refractivity contribution in [2.75, 3.05) is 6.54 Å². The van der Waals surface area contributed by atoms with E-state index < -0.39 is 0 Å². The number of aromatic nitrogens is 2. The van der Waals surface area contributed by atoms with Crippen LogP contribution in [0.4, 0.5) is 0 Å². The molecule has 0 saturated heterocycles. The largest absolute Gasteiger partial charge is 0.311 e. The third-order valence-corrected chi connectivity index (χ3v) is 4.59. The molecule has 3 heteroatoms. The summed E-state index contributed by atoms with van der Waals surface area (Å²) in [7, 11) is 0. The molecule has 1 fully saturated rings. The molecule has 2 atom stereocenters. The van der Waals surface area contributed by atoms with Gasteiger partial charge in [0.25, 0.3) is 0 Å². The van der Waals surface area contributed by atoms with Crippen LogP contribution in [0, 0.1) is 5.92 Å². The van der Waals surface area contributed by atoms with E-state index in [9.17, 15) is 0 Å². The fourth-order valence-corrected chi connectivity index (χ4v) is 3.51. The molecule has 104 valence electrons.